The van der Waals surface area contributed by atoms with Gasteiger partial charge in [-0.25, -0.2) is 14.0 Å². The number of H-pyrrole nitrogens is 1. The van der Waals surface area contributed by atoms with Crippen LogP contribution in [0, 0.1) is 0 Å². The van der Waals surface area contributed by atoms with Crippen molar-refractivity contribution < 1.29 is 31.5 Å². The highest BCUT2D eigenvalue weighted by Gasteiger charge is 2.48. The molecule has 2 saturated heterocycles. The Morgan fingerprint density at radius 2 is 2.00 bits per heavy atom. The smallest absolute Gasteiger partial charge is 0.349 e. The summed E-state index contributed by atoms with van der Waals surface area (Å²) < 4.78 is 69.0. The van der Waals surface area contributed by atoms with Gasteiger partial charge in [-0.15, -0.1) is 0 Å². The summed E-state index contributed by atoms with van der Waals surface area (Å²) in [7, 11) is -0.508. The maximum Gasteiger partial charge on any atom is 0.423 e. The van der Waals surface area contributed by atoms with Crippen LogP contribution < -0.4 is 11.2 Å². The van der Waals surface area contributed by atoms with E-state index in [4.69, 9.17) is 13.8 Å². The summed E-state index contributed by atoms with van der Waals surface area (Å²) in [4.78, 5) is 24.8. The molecule has 0 saturated carbocycles. The molecule has 140 valence electrons. The van der Waals surface area contributed by atoms with Crippen molar-refractivity contribution in [3.05, 3.63) is 32.6 Å². The number of hydrogen-bond donors (Lipinski definition) is 1. The van der Waals surface area contributed by atoms with Crippen molar-refractivity contribution in [2.24, 2.45) is 0 Å². The van der Waals surface area contributed by atoms with Crippen LogP contribution in [0.2, 0.25) is 0 Å². The molecule has 1 aromatic heterocycles. The minimum absolute atomic E-state index is 0.0187. The Hall–Kier alpha value is -1.46. The molecule has 1 unspecified atom stereocenters. The number of nitrogens with zero attached hydrogens (tertiary/aromatic N) is 2. The summed E-state index contributed by atoms with van der Waals surface area (Å²) >= 11 is 0. The molecule has 0 amide bonds. The van der Waals surface area contributed by atoms with Crippen LogP contribution in [0.5, 0.6) is 0 Å². The molecule has 0 bridgehead atoms. The normalized spacial score (nSPS) is 32.8. The number of aromatic nitrogens is 2. The molecule has 0 spiro atoms. The Kier molecular flexibility index (Phi) is 4.44. The predicted octanol–water partition coefficient (Wildman–Crippen LogP) is 0.928. The Balaban J connectivity index is 1.89. The predicted molar refractivity (Wildman–Crippen MR) is 77.0 cm³/mol. The number of rotatable bonds is 2. The lowest BCUT2D eigenvalue weighted by Crippen LogP contribution is -2.36. The first-order chi connectivity index (χ1) is 11.5. The van der Waals surface area contributed by atoms with Crippen LogP contribution >= 0.6 is 7.75 Å². The van der Waals surface area contributed by atoms with Crippen molar-refractivity contribution in [2.75, 3.05) is 20.7 Å². The van der Waals surface area contributed by atoms with E-state index in [1.165, 1.54) is 18.8 Å². The summed E-state index contributed by atoms with van der Waals surface area (Å²) in [5, 5.41) is 0. The second kappa shape index (κ2) is 6.06. The van der Waals surface area contributed by atoms with Crippen molar-refractivity contribution in [3.8, 4) is 0 Å². The Morgan fingerprint density at radius 3 is 2.60 bits per heavy atom. The third kappa shape index (κ3) is 3.32. The molecular formula is C12H15F3N3O6P. The van der Waals surface area contributed by atoms with Gasteiger partial charge in [-0.2, -0.15) is 13.2 Å². The van der Waals surface area contributed by atoms with Crippen LogP contribution in [-0.2, 0) is 24.5 Å². The Bertz CT molecular complexity index is 835. The molecule has 2 aliphatic rings. The van der Waals surface area contributed by atoms with E-state index in [-0.39, 0.29) is 13.0 Å². The van der Waals surface area contributed by atoms with Crippen LogP contribution in [0.4, 0.5) is 13.2 Å². The van der Waals surface area contributed by atoms with E-state index in [1.807, 2.05) is 0 Å². The van der Waals surface area contributed by atoms with Gasteiger partial charge >= 0.3 is 19.6 Å². The van der Waals surface area contributed by atoms with Crippen molar-refractivity contribution >= 4 is 7.75 Å². The average molecular weight is 385 g/mol. The van der Waals surface area contributed by atoms with Crippen LogP contribution in [0.3, 0.4) is 0 Å². The van der Waals surface area contributed by atoms with Gasteiger partial charge in [-0.05, 0) is 14.1 Å². The molecular weight excluding hydrogens is 370 g/mol. The van der Waals surface area contributed by atoms with Gasteiger partial charge in [0.25, 0.3) is 5.56 Å². The summed E-state index contributed by atoms with van der Waals surface area (Å²) in [6, 6.07) is 0. The molecule has 9 nitrogen and oxygen atoms in total. The largest absolute Gasteiger partial charge is 0.423 e. The third-order valence-electron chi connectivity index (χ3n) is 3.92. The second-order valence-electron chi connectivity index (χ2n) is 5.83. The fourth-order valence-corrected chi connectivity index (χ4v) is 3.99. The zero-order chi connectivity index (χ0) is 18.6. The lowest BCUT2D eigenvalue weighted by Gasteiger charge is -2.33. The molecule has 3 heterocycles. The van der Waals surface area contributed by atoms with E-state index >= 15 is 0 Å². The van der Waals surface area contributed by atoms with Gasteiger partial charge in [0.15, 0.2) is 0 Å². The number of halogens is 3. The average Bonchev–Trinajstić information content (AvgIpc) is 2.88. The quantitative estimate of drug-likeness (QED) is 0.756. The first-order valence-corrected chi connectivity index (χ1v) is 8.70. The molecule has 0 aromatic carbocycles. The first-order valence-electron chi connectivity index (χ1n) is 7.20. The minimum Gasteiger partial charge on any atom is -0.349 e. The SMILES string of the molecule is CN(C)P1(=O)OC[C@H]2O[C@@H](n3cc(C(F)(F)F)c(=O)[nH]c3=O)C[C@@H]2O1. The number of aromatic amines is 1. The van der Waals surface area contributed by atoms with Gasteiger partial charge in [-0.3, -0.25) is 23.4 Å². The maximum absolute atomic E-state index is 12.9. The molecule has 2 fully saturated rings. The van der Waals surface area contributed by atoms with Gasteiger partial charge in [-0.1, -0.05) is 0 Å². The lowest BCUT2D eigenvalue weighted by atomic mass is 10.2. The molecule has 4 atom stereocenters. The Morgan fingerprint density at radius 1 is 1.32 bits per heavy atom. The van der Waals surface area contributed by atoms with Gasteiger partial charge in [0.1, 0.15) is 24.0 Å². The number of alkyl halides is 3. The standard InChI is InChI=1S/C12H15F3N3O6P/c1-17(2)25(21)22-5-8-7(24-25)3-9(23-8)18-4-6(12(13,14)15)10(19)16-11(18)20/h4,7-9H,3,5H2,1-2H3,(H,16,19,20)/t7-,8+,9+,25?/m0/s1. The fourth-order valence-electron chi connectivity index (χ4n) is 2.61. The van der Waals surface area contributed by atoms with Crippen molar-refractivity contribution in [3.63, 3.8) is 0 Å². The van der Waals surface area contributed by atoms with Crippen molar-refractivity contribution in [1.82, 2.24) is 14.2 Å². The highest BCUT2D eigenvalue weighted by Crippen LogP contribution is 2.56. The molecule has 1 aromatic rings. The van der Waals surface area contributed by atoms with Gasteiger partial charge in [0.2, 0.25) is 0 Å². The molecule has 3 rings (SSSR count). The van der Waals surface area contributed by atoms with E-state index in [9.17, 15) is 27.3 Å². The van der Waals surface area contributed by atoms with Gasteiger partial charge in [0.05, 0.1) is 6.61 Å². The number of fused-ring (bicyclic) bond motifs is 1. The Labute approximate surface area is 138 Å². The van der Waals surface area contributed by atoms with E-state index in [0.29, 0.717) is 10.8 Å². The second-order valence-corrected chi connectivity index (χ2v) is 8.03. The molecule has 0 radical (unpaired) electrons. The number of hydrogen-bond acceptors (Lipinski definition) is 6. The molecule has 0 aliphatic carbocycles. The fraction of sp³-hybridized carbons (Fsp3) is 0.667. The molecule has 2 aliphatic heterocycles. The zero-order valence-corrected chi connectivity index (χ0v) is 14.0. The van der Waals surface area contributed by atoms with Gasteiger partial charge < -0.3 is 4.74 Å². The highest BCUT2D eigenvalue weighted by atomic mass is 31.2. The number of ether oxygens (including phenoxy) is 1. The number of nitrogens with one attached hydrogen (secondary N) is 1. The molecule has 25 heavy (non-hydrogen) atoms. The van der Waals surface area contributed by atoms with E-state index in [1.54, 1.807) is 4.98 Å². The highest BCUT2D eigenvalue weighted by molar-refractivity contribution is 7.51. The maximum atomic E-state index is 12.9. The lowest BCUT2D eigenvalue weighted by molar-refractivity contribution is -0.139. The van der Waals surface area contributed by atoms with Crippen LogP contribution in [-0.4, -0.2) is 47.1 Å². The van der Waals surface area contributed by atoms with Crippen molar-refractivity contribution in [1.29, 1.82) is 0 Å². The van der Waals surface area contributed by atoms with Crippen molar-refractivity contribution in [2.45, 2.75) is 31.0 Å². The van der Waals surface area contributed by atoms with E-state index < -0.39 is 49.2 Å². The summed E-state index contributed by atoms with van der Waals surface area (Å²) in [5.41, 5.74) is -4.08. The summed E-state index contributed by atoms with van der Waals surface area (Å²) in [6.07, 6.45) is -7.06. The van der Waals surface area contributed by atoms with Crippen LogP contribution in [0.15, 0.2) is 15.8 Å². The van der Waals surface area contributed by atoms with E-state index in [0.717, 1.165) is 0 Å². The first kappa shape index (κ1) is 18.3. The monoisotopic (exact) mass is 385 g/mol. The zero-order valence-electron chi connectivity index (χ0n) is 13.1. The molecule has 13 heteroatoms. The van der Waals surface area contributed by atoms with Gasteiger partial charge in [0, 0.05) is 12.6 Å². The third-order valence-corrected chi connectivity index (χ3v) is 5.92. The molecule has 1 N–H and O–H groups in total. The van der Waals surface area contributed by atoms with Crippen LogP contribution in [0.1, 0.15) is 18.2 Å². The topological polar surface area (TPSA) is 103 Å². The summed E-state index contributed by atoms with van der Waals surface area (Å²) in [6.45, 7) is -0.0964. The summed E-state index contributed by atoms with van der Waals surface area (Å²) in [5.74, 6) is 0. The van der Waals surface area contributed by atoms with E-state index in [2.05, 4.69) is 0 Å². The minimum atomic E-state index is -4.92. The van der Waals surface area contributed by atoms with Crippen LogP contribution in [0.25, 0.3) is 0 Å².